The summed E-state index contributed by atoms with van der Waals surface area (Å²) in [5.74, 6) is 0.172. The van der Waals surface area contributed by atoms with Gasteiger partial charge in [0, 0.05) is 18.7 Å². The predicted octanol–water partition coefficient (Wildman–Crippen LogP) is 3.79. The van der Waals surface area contributed by atoms with Gasteiger partial charge < -0.3 is 4.90 Å². The topological polar surface area (TPSA) is 20.3 Å². The van der Waals surface area contributed by atoms with Crippen molar-refractivity contribution < 1.29 is 4.79 Å². The van der Waals surface area contributed by atoms with Gasteiger partial charge in [-0.2, -0.15) is 0 Å². The Labute approximate surface area is 110 Å². The Kier molecular flexibility index (Phi) is 4.40. The van der Waals surface area contributed by atoms with E-state index in [9.17, 15) is 4.79 Å². The van der Waals surface area contributed by atoms with Crippen LogP contribution in [0.15, 0.2) is 24.3 Å². The Morgan fingerprint density at radius 1 is 1.17 bits per heavy atom. The van der Waals surface area contributed by atoms with Crippen LogP contribution in [0.5, 0.6) is 0 Å². The number of carbonyl (C=O) groups excluding carboxylic acids is 1. The maximum Gasteiger partial charge on any atom is 0.253 e. The maximum atomic E-state index is 12.4. The van der Waals surface area contributed by atoms with Crippen molar-refractivity contribution in [3.05, 3.63) is 35.4 Å². The van der Waals surface area contributed by atoms with Crippen LogP contribution in [0.25, 0.3) is 0 Å². The summed E-state index contributed by atoms with van der Waals surface area (Å²) in [6.45, 7) is 2.03. The van der Waals surface area contributed by atoms with Gasteiger partial charge in [-0.1, -0.05) is 43.4 Å². The molecule has 18 heavy (non-hydrogen) atoms. The summed E-state index contributed by atoms with van der Waals surface area (Å²) < 4.78 is 0. The Morgan fingerprint density at radius 3 is 2.44 bits per heavy atom. The summed E-state index contributed by atoms with van der Waals surface area (Å²) in [7, 11) is 1.96. The van der Waals surface area contributed by atoms with E-state index in [0.29, 0.717) is 6.04 Å². The van der Waals surface area contributed by atoms with Gasteiger partial charge in [0.25, 0.3) is 5.91 Å². The van der Waals surface area contributed by atoms with Gasteiger partial charge in [0.2, 0.25) is 0 Å². The highest BCUT2D eigenvalue weighted by Gasteiger charge is 2.21. The molecule has 0 spiro atoms. The smallest absolute Gasteiger partial charge is 0.253 e. The van der Waals surface area contributed by atoms with Crippen LogP contribution in [0.1, 0.15) is 54.4 Å². The van der Waals surface area contributed by atoms with E-state index >= 15 is 0 Å². The second-order valence-corrected chi connectivity index (χ2v) is 5.43. The molecule has 1 fully saturated rings. The lowest BCUT2D eigenvalue weighted by Gasteiger charge is -2.27. The van der Waals surface area contributed by atoms with Crippen LogP contribution in [0.2, 0.25) is 0 Å². The lowest BCUT2D eigenvalue weighted by Crippen LogP contribution is -2.36. The van der Waals surface area contributed by atoms with E-state index in [-0.39, 0.29) is 5.91 Å². The summed E-state index contributed by atoms with van der Waals surface area (Å²) in [5.41, 5.74) is 1.97. The molecule has 0 bridgehead atoms. The lowest BCUT2D eigenvalue weighted by atomic mass is 10.1. The molecule has 0 N–H and O–H groups in total. The Morgan fingerprint density at radius 2 is 1.83 bits per heavy atom. The zero-order chi connectivity index (χ0) is 13.0. The van der Waals surface area contributed by atoms with Gasteiger partial charge in [-0.25, -0.2) is 0 Å². The minimum absolute atomic E-state index is 0.172. The molecule has 0 unspecified atom stereocenters. The molecule has 2 nitrogen and oxygen atoms in total. The summed E-state index contributed by atoms with van der Waals surface area (Å²) in [6, 6.07) is 8.32. The molecule has 1 saturated carbocycles. The first-order valence-corrected chi connectivity index (χ1v) is 7.02. The van der Waals surface area contributed by atoms with E-state index in [4.69, 9.17) is 0 Å². The average Bonchev–Trinajstić information content (AvgIpc) is 2.66. The lowest BCUT2D eigenvalue weighted by molar-refractivity contribution is 0.0717. The number of carbonyl (C=O) groups is 1. The number of amides is 1. The molecule has 0 atom stereocenters. The molecule has 2 heteroatoms. The molecule has 0 radical (unpaired) electrons. The van der Waals surface area contributed by atoms with E-state index < -0.39 is 0 Å². The molecular formula is C16H23NO. The first kappa shape index (κ1) is 13.1. The fourth-order valence-corrected chi connectivity index (χ4v) is 2.79. The molecule has 0 aliphatic heterocycles. The third kappa shape index (κ3) is 3.12. The Hall–Kier alpha value is -1.31. The van der Waals surface area contributed by atoms with Gasteiger partial charge in [-0.05, 0) is 31.9 Å². The van der Waals surface area contributed by atoms with Crippen molar-refractivity contribution in [2.24, 2.45) is 0 Å². The van der Waals surface area contributed by atoms with Crippen LogP contribution in [-0.4, -0.2) is 23.9 Å². The Bertz CT molecular complexity index is 405. The van der Waals surface area contributed by atoms with Crippen molar-refractivity contribution in [1.29, 1.82) is 0 Å². The van der Waals surface area contributed by atoms with Crippen LogP contribution in [0.3, 0.4) is 0 Å². The molecule has 0 saturated heterocycles. The third-order valence-corrected chi connectivity index (χ3v) is 3.96. The van der Waals surface area contributed by atoms with Crippen LogP contribution < -0.4 is 0 Å². The highest BCUT2D eigenvalue weighted by Crippen LogP contribution is 2.22. The summed E-state index contributed by atoms with van der Waals surface area (Å²) in [4.78, 5) is 14.4. The van der Waals surface area contributed by atoms with Gasteiger partial charge in [-0.15, -0.1) is 0 Å². The number of benzene rings is 1. The zero-order valence-electron chi connectivity index (χ0n) is 11.5. The van der Waals surface area contributed by atoms with E-state index in [1.807, 2.05) is 43.1 Å². The number of nitrogens with zero attached hydrogens (tertiary/aromatic N) is 1. The molecule has 1 aliphatic rings. The average molecular weight is 245 g/mol. The predicted molar refractivity (Wildman–Crippen MR) is 74.8 cm³/mol. The number of rotatable bonds is 2. The second-order valence-electron chi connectivity index (χ2n) is 5.43. The summed E-state index contributed by atoms with van der Waals surface area (Å²) in [5, 5.41) is 0. The van der Waals surface area contributed by atoms with E-state index in [0.717, 1.165) is 24.0 Å². The summed E-state index contributed by atoms with van der Waals surface area (Å²) in [6.07, 6.45) is 7.49. The van der Waals surface area contributed by atoms with Crippen molar-refractivity contribution in [3.63, 3.8) is 0 Å². The molecule has 1 aliphatic carbocycles. The molecular weight excluding hydrogens is 222 g/mol. The Balaban J connectivity index is 2.07. The van der Waals surface area contributed by atoms with Gasteiger partial charge in [0.1, 0.15) is 0 Å². The van der Waals surface area contributed by atoms with Crippen molar-refractivity contribution in [1.82, 2.24) is 4.90 Å². The number of hydrogen-bond donors (Lipinski definition) is 0. The monoisotopic (exact) mass is 245 g/mol. The molecule has 0 heterocycles. The fraction of sp³-hybridized carbons (Fsp3) is 0.562. The van der Waals surface area contributed by atoms with Crippen molar-refractivity contribution >= 4 is 5.91 Å². The van der Waals surface area contributed by atoms with Crippen LogP contribution in [0, 0.1) is 6.92 Å². The third-order valence-electron chi connectivity index (χ3n) is 3.96. The van der Waals surface area contributed by atoms with Gasteiger partial charge in [0.15, 0.2) is 0 Å². The van der Waals surface area contributed by atoms with Crippen molar-refractivity contribution in [2.45, 2.75) is 51.5 Å². The van der Waals surface area contributed by atoms with Crippen molar-refractivity contribution in [2.75, 3.05) is 7.05 Å². The van der Waals surface area contributed by atoms with Gasteiger partial charge >= 0.3 is 0 Å². The molecule has 98 valence electrons. The highest BCUT2D eigenvalue weighted by atomic mass is 16.2. The quantitative estimate of drug-likeness (QED) is 0.726. The van der Waals surface area contributed by atoms with Crippen LogP contribution in [-0.2, 0) is 0 Å². The standard InChI is InChI=1S/C16H23NO/c1-13-8-7-9-14(12-13)16(18)17(2)15-10-5-3-4-6-11-15/h7-9,12,15H,3-6,10-11H2,1-2H3. The van der Waals surface area contributed by atoms with E-state index in [1.165, 1.54) is 25.7 Å². The fourth-order valence-electron chi connectivity index (χ4n) is 2.79. The van der Waals surface area contributed by atoms with E-state index in [1.54, 1.807) is 0 Å². The minimum atomic E-state index is 0.172. The number of aryl methyl sites for hydroxylation is 1. The van der Waals surface area contributed by atoms with Crippen molar-refractivity contribution in [3.8, 4) is 0 Å². The number of hydrogen-bond acceptors (Lipinski definition) is 1. The van der Waals surface area contributed by atoms with Gasteiger partial charge in [0.05, 0.1) is 0 Å². The first-order valence-electron chi connectivity index (χ1n) is 7.02. The normalized spacial score (nSPS) is 17.2. The second kappa shape index (κ2) is 6.03. The zero-order valence-corrected chi connectivity index (χ0v) is 11.5. The van der Waals surface area contributed by atoms with Crippen LogP contribution in [0.4, 0.5) is 0 Å². The molecule has 1 aromatic carbocycles. The maximum absolute atomic E-state index is 12.4. The largest absolute Gasteiger partial charge is 0.339 e. The van der Waals surface area contributed by atoms with Gasteiger partial charge in [-0.3, -0.25) is 4.79 Å². The van der Waals surface area contributed by atoms with E-state index in [2.05, 4.69) is 0 Å². The van der Waals surface area contributed by atoms with Crippen LogP contribution >= 0.6 is 0 Å². The molecule has 1 amide bonds. The molecule has 2 rings (SSSR count). The molecule has 0 aromatic heterocycles. The summed E-state index contributed by atoms with van der Waals surface area (Å²) >= 11 is 0. The highest BCUT2D eigenvalue weighted by molar-refractivity contribution is 5.94. The minimum Gasteiger partial charge on any atom is -0.339 e. The first-order chi connectivity index (χ1) is 8.68. The molecule has 1 aromatic rings. The SMILES string of the molecule is Cc1cccc(C(=O)N(C)C2CCCCCC2)c1.